The number of pyridine rings is 1. The molecule has 0 aliphatic heterocycles. The van der Waals surface area contributed by atoms with Gasteiger partial charge in [0.1, 0.15) is 11.3 Å². The number of halogens is 3. The molecule has 0 spiro atoms. The maximum absolute atomic E-state index is 13.8. The van der Waals surface area contributed by atoms with Gasteiger partial charge in [0.15, 0.2) is 7.14 Å². The van der Waals surface area contributed by atoms with E-state index >= 15 is 0 Å². The van der Waals surface area contributed by atoms with Crippen molar-refractivity contribution in [3.05, 3.63) is 174 Å². The summed E-state index contributed by atoms with van der Waals surface area (Å²) in [5.41, 5.74) is -2.04. The third-order valence-corrected chi connectivity index (χ3v) is 11.0. The standard InChI is InChI=1S/C21H12F3NO3.C18H15OP.Eu.H2O/c22-21(23,24)19(27)17-18(26)16-14-9-5-4-6-12(14)10-11-15(16)25(20(17)28)13-7-2-1-3-8-13;19-20(16-10-4-1-5-11-16,17-12-6-2-7-13-17)18-14-8-3-9-15-18;;/h1-11,26H;1-15H;;1H2. The quantitative estimate of drug-likeness (QED) is 0.114. The van der Waals surface area contributed by atoms with E-state index in [-0.39, 0.29) is 71.4 Å². The molecule has 1 aromatic heterocycles. The van der Waals surface area contributed by atoms with Crippen LogP contribution in [0.5, 0.6) is 5.75 Å². The molecule has 0 aliphatic carbocycles. The number of carbonyl (C=O) groups is 1. The Morgan fingerprint density at radius 3 is 1.50 bits per heavy atom. The zero-order chi connectivity index (χ0) is 33.9. The molecule has 0 amide bonds. The molecule has 6 aromatic carbocycles. The first-order valence-corrected chi connectivity index (χ1v) is 16.6. The van der Waals surface area contributed by atoms with E-state index in [2.05, 4.69) is 0 Å². The van der Waals surface area contributed by atoms with Crippen molar-refractivity contribution in [1.82, 2.24) is 4.57 Å². The number of aromatic hydroxyl groups is 1. The van der Waals surface area contributed by atoms with E-state index in [9.17, 15) is 32.4 Å². The maximum atomic E-state index is 13.8. The molecule has 0 fully saturated rings. The van der Waals surface area contributed by atoms with Crippen molar-refractivity contribution < 1.29 is 82.5 Å². The number of alkyl halides is 3. The first-order valence-electron chi connectivity index (χ1n) is 14.9. The van der Waals surface area contributed by atoms with Gasteiger partial charge in [0, 0.05) is 76.4 Å². The monoisotopic (exact) mass is 832 g/mol. The van der Waals surface area contributed by atoms with E-state index in [1.165, 1.54) is 18.2 Å². The van der Waals surface area contributed by atoms with Gasteiger partial charge in [-0.2, -0.15) is 13.2 Å². The van der Waals surface area contributed by atoms with Crippen LogP contribution in [0.15, 0.2) is 163 Å². The maximum Gasteiger partial charge on any atom is 0.455 e. The Hall–Kier alpha value is -4.18. The summed E-state index contributed by atoms with van der Waals surface area (Å²) < 4.78 is 54.2. The number of hydrogen-bond donors (Lipinski definition) is 1. The SMILES string of the molecule is O.O=C(c1c(O)c2c3ccccc3ccc2n(-c2ccccc2)c1=O)C(F)(F)F.O=P(c1ccccc1)(c1ccccc1)c1ccccc1.[Eu]. The molecule has 7 aromatic rings. The number of rotatable bonds is 5. The number of aromatic nitrogens is 1. The zero-order valence-electron chi connectivity index (χ0n) is 26.1. The first kappa shape index (κ1) is 38.6. The molecular formula is C39H29EuF3NO5P. The summed E-state index contributed by atoms with van der Waals surface area (Å²) in [5, 5.41) is 14.3. The average molecular weight is 832 g/mol. The molecule has 0 aliphatic rings. The number of benzene rings is 6. The summed E-state index contributed by atoms with van der Waals surface area (Å²) in [4.78, 5) is 24.9. The first-order chi connectivity index (χ1) is 23.1. The molecule has 0 saturated heterocycles. The number of Topliss-reactive ketones (excluding diaryl/α,β-unsaturated/α-hetero) is 1. The van der Waals surface area contributed by atoms with E-state index in [1.54, 1.807) is 48.5 Å². The fourth-order valence-electron chi connectivity index (χ4n) is 5.68. The number of ketones is 1. The van der Waals surface area contributed by atoms with Gasteiger partial charge in [0.2, 0.25) is 0 Å². The summed E-state index contributed by atoms with van der Waals surface area (Å²) in [6.45, 7) is 0. The van der Waals surface area contributed by atoms with Crippen LogP contribution in [0.4, 0.5) is 13.2 Å². The molecule has 1 heterocycles. The van der Waals surface area contributed by atoms with Crippen molar-refractivity contribution in [3.63, 3.8) is 0 Å². The van der Waals surface area contributed by atoms with Crippen molar-refractivity contribution in [2.24, 2.45) is 0 Å². The fraction of sp³-hybridized carbons (Fsp3) is 0.0256. The fourth-order valence-corrected chi connectivity index (χ4v) is 8.35. The number of nitrogens with zero attached hydrogens (tertiary/aromatic N) is 1. The Bertz CT molecular complexity index is 2250. The van der Waals surface area contributed by atoms with Crippen molar-refractivity contribution in [2.75, 3.05) is 0 Å². The van der Waals surface area contributed by atoms with E-state index in [1.807, 2.05) is 91.0 Å². The summed E-state index contributed by atoms with van der Waals surface area (Å²) >= 11 is 0. The third-order valence-electron chi connectivity index (χ3n) is 7.90. The van der Waals surface area contributed by atoms with Gasteiger partial charge in [-0.3, -0.25) is 14.2 Å². The van der Waals surface area contributed by atoms with Crippen LogP contribution in [0.25, 0.3) is 27.4 Å². The van der Waals surface area contributed by atoms with Gasteiger partial charge >= 0.3 is 6.18 Å². The summed E-state index contributed by atoms with van der Waals surface area (Å²) in [7, 11) is -2.78. The van der Waals surface area contributed by atoms with E-state index in [4.69, 9.17) is 0 Å². The summed E-state index contributed by atoms with van der Waals surface area (Å²) in [5.74, 6) is -3.35. The topological polar surface area (TPSA) is 108 Å². The third kappa shape index (κ3) is 7.46. The predicted molar refractivity (Wildman–Crippen MR) is 189 cm³/mol. The van der Waals surface area contributed by atoms with Gasteiger partial charge in [0.25, 0.3) is 11.3 Å². The normalized spacial score (nSPS) is 11.1. The number of fused-ring (bicyclic) bond motifs is 3. The van der Waals surface area contributed by atoms with Crippen LogP contribution >= 0.6 is 7.14 Å². The molecule has 0 bridgehead atoms. The van der Waals surface area contributed by atoms with Crippen LogP contribution in [0.2, 0.25) is 0 Å². The van der Waals surface area contributed by atoms with Crippen molar-refractivity contribution in [3.8, 4) is 11.4 Å². The van der Waals surface area contributed by atoms with Gasteiger partial charge in [-0.1, -0.05) is 140 Å². The van der Waals surface area contributed by atoms with Crippen molar-refractivity contribution in [2.45, 2.75) is 6.18 Å². The minimum absolute atomic E-state index is 0. The molecule has 11 heteroatoms. The zero-order valence-corrected chi connectivity index (χ0v) is 29.4. The van der Waals surface area contributed by atoms with Gasteiger partial charge in [-0.05, 0) is 29.0 Å². The summed E-state index contributed by atoms with van der Waals surface area (Å²) in [6.07, 6.45) is -5.30. The van der Waals surface area contributed by atoms with Gasteiger partial charge < -0.3 is 15.1 Å². The second-order valence-electron chi connectivity index (χ2n) is 10.8. The molecule has 6 nitrogen and oxygen atoms in total. The number of hydrogen-bond acceptors (Lipinski definition) is 4. The van der Waals surface area contributed by atoms with Crippen molar-refractivity contribution >= 4 is 50.5 Å². The minimum Gasteiger partial charge on any atom is -0.506 e. The van der Waals surface area contributed by atoms with E-state index < -0.39 is 36.0 Å². The van der Waals surface area contributed by atoms with Crippen LogP contribution in [-0.4, -0.2) is 27.1 Å². The number of para-hydroxylation sites is 1. The van der Waals surface area contributed by atoms with Crippen molar-refractivity contribution in [1.29, 1.82) is 0 Å². The Kier molecular flexibility index (Phi) is 12.5. The molecule has 50 heavy (non-hydrogen) atoms. The molecule has 0 unspecified atom stereocenters. The minimum atomic E-state index is -5.30. The van der Waals surface area contributed by atoms with Crippen LogP contribution in [0.1, 0.15) is 10.4 Å². The van der Waals surface area contributed by atoms with Crippen LogP contribution < -0.4 is 21.5 Å². The molecule has 7 rings (SSSR count). The Labute approximate surface area is 326 Å². The van der Waals surface area contributed by atoms with E-state index in [0.717, 1.165) is 20.5 Å². The van der Waals surface area contributed by atoms with Gasteiger partial charge in [-0.15, -0.1) is 0 Å². The summed E-state index contributed by atoms with van der Waals surface area (Å²) in [6, 6.07) is 47.1. The molecule has 3 N–H and O–H groups in total. The molecule has 0 saturated carbocycles. The average Bonchev–Trinajstić information content (AvgIpc) is 3.12. The van der Waals surface area contributed by atoms with Crippen LogP contribution in [-0.2, 0) is 4.57 Å². The Balaban J connectivity index is 0.000000227. The Morgan fingerprint density at radius 2 is 1.04 bits per heavy atom. The van der Waals surface area contributed by atoms with Crippen LogP contribution in [0.3, 0.4) is 0 Å². The second kappa shape index (κ2) is 16.2. The largest absolute Gasteiger partial charge is 0.506 e. The van der Waals surface area contributed by atoms with Gasteiger partial charge in [0.05, 0.1) is 5.52 Å². The number of carbonyl (C=O) groups excluding carboxylic acids is 1. The molecule has 1 radical (unpaired) electrons. The molecule has 0 atom stereocenters. The van der Waals surface area contributed by atoms with Crippen LogP contribution in [0, 0.1) is 49.4 Å². The molecule has 253 valence electrons. The smallest absolute Gasteiger partial charge is 0.455 e. The predicted octanol–water partition coefficient (Wildman–Crippen LogP) is 7.10. The Morgan fingerprint density at radius 1 is 0.620 bits per heavy atom. The van der Waals surface area contributed by atoms with Gasteiger partial charge in [-0.25, -0.2) is 0 Å². The second-order valence-corrected chi connectivity index (χ2v) is 13.6. The molecular weight excluding hydrogens is 802 g/mol. The van der Waals surface area contributed by atoms with E-state index in [0.29, 0.717) is 10.8 Å².